The summed E-state index contributed by atoms with van der Waals surface area (Å²) in [6, 6.07) is 0. The minimum Gasteiger partial charge on any atom is -0.339 e. The van der Waals surface area contributed by atoms with Gasteiger partial charge in [0, 0.05) is 0 Å². The molecule has 2 saturated heterocycles. The van der Waals surface area contributed by atoms with Gasteiger partial charge in [0.2, 0.25) is 12.8 Å². The van der Waals surface area contributed by atoms with Crippen molar-refractivity contribution in [2.75, 3.05) is 26.4 Å². The normalized spacial score (nSPS) is 46.6. The molecule has 2 aliphatic heterocycles. The van der Waals surface area contributed by atoms with Crippen molar-refractivity contribution in [1.82, 2.24) is 0 Å². The SMILES string of the molecule is NC1OCC2(CO1)COC(N)OC2. The fourth-order valence-corrected chi connectivity index (χ4v) is 1.38. The lowest BCUT2D eigenvalue weighted by Crippen LogP contribution is -2.55. The summed E-state index contributed by atoms with van der Waals surface area (Å²) in [5.74, 6) is 0. The van der Waals surface area contributed by atoms with Crippen molar-refractivity contribution in [3.8, 4) is 0 Å². The van der Waals surface area contributed by atoms with Crippen molar-refractivity contribution in [3.63, 3.8) is 0 Å². The minimum atomic E-state index is -0.624. The summed E-state index contributed by atoms with van der Waals surface area (Å²) in [6.45, 7) is 1.95. The van der Waals surface area contributed by atoms with Crippen LogP contribution in [0.15, 0.2) is 0 Å². The molecule has 0 bridgehead atoms. The molecule has 13 heavy (non-hydrogen) atoms. The van der Waals surface area contributed by atoms with E-state index in [0.717, 1.165) is 0 Å². The molecule has 0 amide bonds. The number of hydrogen-bond acceptors (Lipinski definition) is 6. The molecule has 1 spiro atoms. The molecule has 2 heterocycles. The van der Waals surface area contributed by atoms with Gasteiger partial charge in [0.1, 0.15) is 0 Å². The Hall–Kier alpha value is -0.240. The Balaban J connectivity index is 1.90. The fraction of sp³-hybridized carbons (Fsp3) is 1.00. The van der Waals surface area contributed by atoms with Crippen molar-refractivity contribution < 1.29 is 18.9 Å². The van der Waals surface area contributed by atoms with E-state index >= 15 is 0 Å². The van der Waals surface area contributed by atoms with Gasteiger partial charge < -0.3 is 18.9 Å². The van der Waals surface area contributed by atoms with Crippen LogP contribution in [-0.2, 0) is 18.9 Å². The number of ether oxygens (including phenoxy) is 4. The van der Waals surface area contributed by atoms with E-state index in [4.69, 9.17) is 30.4 Å². The van der Waals surface area contributed by atoms with Gasteiger partial charge in [-0.1, -0.05) is 0 Å². The Morgan fingerprint density at radius 1 is 0.769 bits per heavy atom. The summed E-state index contributed by atoms with van der Waals surface area (Å²) < 4.78 is 20.6. The van der Waals surface area contributed by atoms with Crippen molar-refractivity contribution in [1.29, 1.82) is 0 Å². The molecule has 0 aromatic heterocycles. The molecule has 0 aromatic rings. The molecule has 76 valence electrons. The van der Waals surface area contributed by atoms with Crippen molar-refractivity contribution in [2.24, 2.45) is 16.9 Å². The van der Waals surface area contributed by atoms with Gasteiger partial charge in [-0.15, -0.1) is 0 Å². The Kier molecular flexibility index (Phi) is 2.50. The first-order valence-corrected chi connectivity index (χ1v) is 4.18. The van der Waals surface area contributed by atoms with Crippen LogP contribution in [0.3, 0.4) is 0 Å². The average Bonchev–Trinajstić information content (AvgIpc) is 2.16. The van der Waals surface area contributed by atoms with Crippen LogP contribution >= 0.6 is 0 Å². The summed E-state index contributed by atoms with van der Waals surface area (Å²) in [5, 5.41) is 0. The smallest absolute Gasteiger partial charge is 0.213 e. The standard InChI is InChI=1S/C7H14N2O4/c8-5-10-1-7(2-11-5)3-12-6(9)13-4-7/h5-6H,1-4,8-9H2. The lowest BCUT2D eigenvalue weighted by Gasteiger charge is -2.42. The zero-order valence-electron chi connectivity index (χ0n) is 7.27. The lowest BCUT2D eigenvalue weighted by atomic mass is 9.91. The molecule has 0 radical (unpaired) electrons. The first-order valence-electron chi connectivity index (χ1n) is 4.18. The Morgan fingerprint density at radius 3 is 1.38 bits per heavy atom. The van der Waals surface area contributed by atoms with Gasteiger partial charge in [-0.2, -0.15) is 0 Å². The maximum absolute atomic E-state index is 5.40. The Bertz CT molecular complexity index is 150. The van der Waals surface area contributed by atoms with Gasteiger partial charge in [0.05, 0.1) is 31.8 Å². The predicted octanol–water partition coefficient (Wildman–Crippen LogP) is -1.45. The van der Waals surface area contributed by atoms with Gasteiger partial charge >= 0.3 is 0 Å². The zero-order chi connectivity index (χ0) is 9.31. The highest BCUT2D eigenvalue weighted by atomic mass is 16.7. The third-order valence-corrected chi connectivity index (χ3v) is 2.22. The molecular formula is C7H14N2O4. The second-order valence-electron chi connectivity index (χ2n) is 3.48. The molecule has 6 heteroatoms. The van der Waals surface area contributed by atoms with Gasteiger partial charge in [-0.05, 0) is 0 Å². The zero-order valence-corrected chi connectivity index (χ0v) is 7.27. The Morgan fingerprint density at radius 2 is 1.08 bits per heavy atom. The van der Waals surface area contributed by atoms with E-state index < -0.39 is 12.8 Å². The van der Waals surface area contributed by atoms with Crippen LogP contribution in [0, 0.1) is 5.41 Å². The van der Waals surface area contributed by atoms with Gasteiger partial charge in [-0.25, -0.2) is 0 Å². The number of nitrogens with two attached hydrogens (primary N) is 2. The largest absolute Gasteiger partial charge is 0.339 e. The van der Waals surface area contributed by atoms with Crippen LogP contribution in [0.25, 0.3) is 0 Å². The van der Waals surface area contributed by atoms with E-state index in [1.54, 1.807) is 0 Å². The van der Waals surface area contributed by atoms with E-state index in [1.807, 2.05) is 0 Å². The van der Waals surface area contributed by atoms with Crippen LogP contribution in [0.4, 0.5) is 0 Å². The van der Waals surface area contributed by atoms with Crippen LogP contribution in [0.5, 0.6) is 0 Å². The summed E-state index contributed by atoms with van der Waals surface area (Å²) >= 11 is 0. The molecule has 0 aliphatic carbocycles. The second kappa shape index (κ2) is 3.49. The molecule has 6 nitrogen and oxygen atoms in total. The number of hydrogen-bond donors (Lipinski definition) is 2. The fourth-order valence-electron chi connectivity index (χ4n) is 1.38. The van der Waals surface area contributed by atoms with Gasteiger partial charge in [0.25, 0.3) is 0 Å². The van der Waals surface area contributed by atoms with Crippen LogP contribution < -0.4 is 11.5 Å². The van der Waals surface area contributed by atoms with Crippen LogP contribution in [0.1, 0.15) is 0 Å². The molecule has 0 aromatic carbocycles. The molecule has 2 rings (SSSR count). The predicted molar refractivity (Wildman–Crippen MR) is 42.2 cm³/mol. The molecule has 0 atom stereocenters. The summed E-state index contributed by atoms with van der Waals surface area (Å²) in [4.78, 5) is 0. The quantitative estimate of drug-likeness (QED) is 0.486. The van der Waals surface area contributed by atoms with E-state index in [1.165, 1.54) is 0 Å². The molecule has 0 saturated carbocycles. The monoisotopic (exact) mass is 190 g/mol. The van der Waals surface area contributed by atoms with E-state index in [2.05, 4.69) is 0 Å². The van der Waals surface area contributed by atoms with Crippen LogP contribution in [-0.4, -0.2) is 39.3 Å². The van der Waals surface area contributed by atoms with Crippen molar-refractivity contribution >= 4 is 0 Å². The highest BCUT2D eigenvalue weighted by molar-refractivity contribution is 4.83. The average molecular weight is 190 g/mol. The van der Waals surface area contributed by atoms with E-state index in [0.29, 0.717) is 26.4 Å². The molecule has 0 unspecified atom stereocenters. The second-order valence-corrected chi connectivity index (χ2v) is 3.48. The topological polar surface area (TPSA) is 89.0 Å². The molecule has 2 fully saturated rings. The first kappa shape index (κ1) is 9.32. The molecule has 4 N–H and O–H groups in total. The van der Waals surface area contributed by atoms with E-state index in [-0.39, 0.29) is 5.41 Å². The molecule has 2 aliphatic rings. The summed E-state index contributed by atoms with van der Waals surface area (Å²) in [6.07, 6.45) is -1.25. The third kappa shape index (κ3) is 1.98. The Labute approximate surface area is 76.1 Å². The third-order valence-electron chi connectivity index (χ3n) is 2.22. The van der Waals surface area contributed by atoms with Crippen molar-refractivity contribution in [2.45, 2.75) is 12.8 Å². The highest BCUT2D eigenvalue weighted by Crippen LogP contribution is 2.27. The van der Waals surface area contributed by atoms with Crippen LogP contribution in [0.2, 0.25) is 0 Å². The first-order chi connectivity index (χ1) is 6.20. The van der Waals surface area contributed by atoms with Crippen molar-refractivity contribution in [3.05, 3.63) is 0 Å². The van der Waals surface area contributed by atoms with Gasteiger partial charge in [-0.3, -0.25) is 11.5 Å². The minimum absolute atomic E-state index is 0.230. The van der Waals surface area contributed by atoms with E-state index in [9.17, 15) is 0 Å². The maximum atomic E-state index is 5.40. The number of rotatable bonds is 0. The summed E-state index contributed by atoms with van der Waals surface area (Å²) in [7, 11) is 0. The lowest BCUT2D eigenvalue weighted by molar-refractivity contribution is -0.299. The molecular weight excluding hydrogens is 176 g/mol. The summed E-state index contributed by atoms with van der Waals surface area (Å²) in [5.41, 5.74) is 10.6. The van der Waals surface area contributed by atoms with Gasteiger partial charge in [0.15, 0.2) is 0 Å². The maximum Gasteiger partial charge on any atom is 0.213 e. The highest BCUT2D eigenvalue weighted by Gasteiger charge is 2.40.